The maximum atomic E-state index is 4.46. The molecule has 0 aliphatic rings. The molecular weight excluding hydrogens is 278 g/mol. The van der Waals surface area contributed by atoms with Crippen molar-refractivity contribution in [2.45, 2.75) is 20.4 Å². The molecule has 2 aromatic rings. The molecule has 0 saturated carbocycles. The fraction of sp³-hybridized carbons (Fsp3) is 0.308. The molecule has 0 unspecified atom stereocenters. The first-order valence-corrected chi connectivity index (χ1v) is 6.37. The first-order valence-electron chi connectivity index (χ1n) is 5.58. The van der Waals surface area contributed by atoms with Crippen molar-refractivity contribution in [1.29, 1.82) is 0 Å². The highest BCUT2D eigenvalue weighted by molar-refractivity contribution is 9.10. The van der Waals surface area contributed by atoms with E-state index in [9.17, 15) is 0 Å². The van der Waals surface area contributed by atoms with Crippen LogP contribution in [0.2, 0.25) is 0 Å². The fourth-order valence-corrected chi connectivity index (χ4v) is 2.38. The van der Waals surface area contributed by atoms with Gasteiger partial charge in [-0.15, -0.1) is 0 Å². The van der Waals surface area contributed by atoms with Gasteiger partial charge in [0.25, 0.3) is 0 Å². The topological polar surface area (TPSA) is 29.9 Å². The van der Waals surface area contributed by atoms with Crippen LogP contribution in [-0.4, -0.2) is 16.8 Å². The highest BCUT2D eigenvalue weighted by atomic mass is 79.9. The summed E-state index contributed by atoms with van der Waals surface area (Å²) in [5.74, 6) is 0. The number of rotatable bonds is 3. The van der Waals surface area contributed by atoms with Crippen LogP contribution in [0.1, 0.15) is 16.8 Å². The number of hydrogen-bond acceptors (Lipinski definition) is 2. The second-order valence-corrected chi connectivity index (χ2v) is 5.04. The fourth-order valence-electron chi connectivity index (χ4n) is 1.91. The van der Waals surface area contributed by atoms with E-state index in [0.29, 0.717) is 0 Å². The van der Waals surface area contributed by atoms with Crippen LogP contribution in [0.5, 0.6) is 0 Å². The Morgan fingerprint density at radius 2 is 2.12 bits per heavy atom. The van der Waals surface area contributed by atoms with Gasteiger partial charge in [-0.05, 0) is 44.7 Å². The zero-order valence-corrected chi connectivity index (χ0v) is 11.9. The van der Waals surface area contributed by atoms with E-state index in [4.69, 9.17) is 0 Å². The zero-order chi connectivity index (χ0) is 12.4. The summed E-state index contributed by atoms with van der Waals surface area (Å²) in [6.45, 7) is 5.04. The lowest BCUT2D eigenvalue weighted by Gasteiger charge is -2.09. The number of aromatic nitrogens is 2. The maximum absolute atomic E-state index is 4.46. The molecule has 0 saturated heterocycles. The Morgan fingerprint density at radius 1 is 1.35 bits per heavy atom. The number of aryl methyl sites for hydroxylation is 1. The number of hydrogen-bond donors (Lipinski definition) is 1. The van der Waals surface area contributed by atoms with Gasteiger partial charge in [-0.3, -0.25) is 0 Å². The van der Waals surface area contributed by atoms with Crippen LogP contribution in [0.15, 0.2) is 28.9 Å². The average Bonchev–Trinajstić information content (AvgIpc) is 2.62. The van der Waals surface area contributed by atoms with Crippen molar-refractivity contribution in [2.75, 3.05) is 7.05 Å². The number of benzene rings is 1. The zero-order valence-electron chi connectivity index (χ0n) is 10.3. The maximum Gasteiger partial charge on any atom is 0.0678 e. The van der Waals surface area contributed by atoms with E-state index in [-0.39, 0.29) is 0 Å². The van der Waals surface area contributed by atoms with Crippen LogP contribution in [-0.2, 0) is 6.54 Å². The molecule has 17 heavy (non-hydrogen) atoms. The number of nitrogens with zero attached hydrogens (tertiary/aromatic N) is 2. The van der Waals surface area contributed by atoms with Crippen LogP contribution in [0, 0.1) is 13.8 Å². The monoisotopic (exact) mass is 293 g/mol. The molecule has 2 rings (SSSR count). The van der Waals surface area contributed by atoms with Gasteiger partial charge in [0.05, 0.1) is 11.9 Å². The third kappa shape index (κ3) is 2.42. The first-order chi connectivity index (χ1) is 8.13. The second-order valence-electron chi connectivity index (χ2n) is 4.13. The van der Waals surface area contributed by atoms with Gasteiger partial charge in [-0.2, -0.15) is 5.10 Å². The van der Waals surface area contributed by atoms with Crippen molar-refractivity contribution >= 4 is 15.9 Å². The van der Waals surface area contributed by atoms with Gasteiger partial charge in [0.15, 0.2) is 0 Å². The molecule has 0 aliphatic heterocycles. The van der Waals surface area contributed by atoms with Crippen LogP contribution in [0.4, 0.5) is 0 Å². The summed E-state index contributed by atoms with van der Waals surface area (Å²) in [6.07, 6.45) is 1.92. The highest BCUT2D eigenvalue weighted by Crippen LogP contribution is 2.21. The van der Waals surface area contributed by atoms with E-state index in [2.05, 4.69) is 52.3 Å². The van der Waals surface area contributed by atoms with Crippen molar-refractivity contribution in [3.63, 3.8) is 0 Å². The van der Waals surface area contributed by atoms with Gasteiger partial charge in [0.2, 0.25) is 0 Å². The Balaban J connectivity index is 2.46. The van der Waals surface area contributed by atoms with Crippen LogP contribution in [0.3, 0.4) is 0 Å². The lowest BCUT2D eigenvalue weighted by molar-refractivity contribution is 0.800. The van der Waals surface area contributed by atoms with Gasteiger partial charge < -0.3 is 5.32 Å². The number of halogens is 1. The molecule has 0 atom stereocenters. The standard InChI is InChI=1S/C13H16BrN3/c1-9-6-12(14)4-5-13(9)17-10(2)11(7-15-3)8-16-17/h4-6,8,15H,7H2,1-3H3. The molecule has 4 heteroatoms. The lowest BCUT2D eigenvalue weighted by Crippen LogP contribution is -2.07. The third-order valence-electron chi connectivity index (χ3n) is 2.87. The molecule has 1 aromatic heterocycles. The predicted molar refractivity (Wildman–Crippen MR) is 73.5 cm³/mol. The van der Waals surface area contributed by atoms with Crippen molar-refractivity contribution in [2.24, 2.45) is 0 Å². The van der Waals surface area contributed by atoms with Gasteiger partial charge in [-0.1, -0.05) is 15.9 Å². The highest BCUT2D eigenvalue weighted by Gasteiger charge is 2.09. The Morgan fingerprint density at radius 3 is 2.76 bits per heavy atom. The molecule has 0 amide bonds. The van der Waals surface area contributed by atoms with Gasteiger partial charge in [-0.25, -0.2) is 4.68 Å². The third-order valence-corrected chi connectivity index (χ3v) is 3.36. The Hall–Kier alpha value is -1.13. The minimum Gasteiger partial charge on any atom is -0.316 e. The van der Waals surface area contributed by atoms with Crippen LogP contribution in [0.25, 0.3) is 5.69 Å². The molecule has 0 spiro atoms. The van der Waals surface area contributed by atoms with E-state index in [0.717, 1.165) is 16.7 Å². The first kappa shape index (κ1) is 12.3. The van der Waals surface area contributed by atoms with Gasteiger partial charge in [0, 0.05) is 22.3 Å². The Bertz CT molecular complexity index is 531. The smallest absolute Gasteiger partial charge is 0.0678 e. The molecule has 3 nitrogen and oxygen atoms in total. The molecule has 0 bridgehead atoms. The van der Waals surface area contributed by atoms with E-state index >= 15 is 0 Å². The van der Waals surface area contributed by atoms with Crippen molar-refractivity contribution in [3.05, 3.63) is 45.7 Å². The van der Waals surface area contributed by atoms with E-state index in [1.807, 2.05) is 24.0 Å². The van der Waals surface area contributed by atoms with Crippen molar-refractivity contribution in [3.8, 4) is 5.69 Å². The van der Waals surface area contributed by atoms with Crippen LogP contribution >= 0.6 is 15.9 Å². The Labute approximate surface area is 110 Å². The normalized spacial score (nSPS) is 10.8. The summed E-state index contributed by atoms with van der Waals surface area (Å²) < 4.78 is 3.09. The quantitative estimate of drug-likeness (QED) is 0.943. The second kappa shape index (κ2) is 5.02. The Kier molecular flexibility index (Phi) is 3.64. The molecule has 1 heterocycles. The minimum atomic E-state index is 0.849. The van der Waals surface area contributed by atoms with Crippen LogP contribution < -0.4 is 5.32 Å². The van der Waals surface area contributed by atoms with Crippen molar-refractivity contribution < 1.29 is 0 Å². The molecular formula is C13H16BrN3. The molecule has 0 fully saturated rings. The predicted octanol–water partition coefficient (Wildman–Crippen LogP) is 2.97. The molecule has 0 radical (unpaired) electrons. The molecule has 1 N–H and O–H groups in total. The summed E-state index contributed by atoms with van der Waals surface area (Å²) in [5.41, 5.74) is 4.76. The van der Waals surface area contributed by atoms with Gasteiger partial charge >= 0.3 is 0 Å². The average molecular weight is 294 g/mol. The molecule has 0 aliphatic carbocycles. The van der Waals surface area contributed by atoms with E-state index in [1.165, 1.54) is 16.8 Å². The summed E-state index contributed by atoms with van der Waals surface area (Å²) in [4.78, 5) is 0. The van der Waals surface area contributed by atoms with Gasteiger partial charge in [0.1, 0.15) is 0 Å². The largest absolute Gasteiger partial charge is 0.316 e. The minimum absolute atomic E-state index is 0.849. The summed E-state index contributed by atoms with van der Waals surface area (Å²) in [7, 11) is 1.95. The summed E-state index contributed by atoms with van der Waals surface area (Å²) >= 11 is 3.48. The van der Waals surface area contributed by atoms with Crippen molar-refractivity contribution in [1.82, 2.24) is 15.1 Å². The summed E-state index contributed by atoms with van der Waals surface area (Å²) in [6, 6.07) is 6.23. The lowest BCUT2D eigenvalue weighted by atomic mass is 10.2. The molecule has 90 valence electrons. The SMILES string of the molecule is CNCc1cnn(-c2ccc(Br)cc2C)c1C. The molecule has 1 aromatic carbocycles. The number of nitrogens with one attached hydrogen (secondary N) is 1. The summed E-state index contributed by atoms with van der Waals surface area (Å²) in [5, 5.41) is 7.61. The van der Waals surface area contributed by atoms with E-state index in [1.54, 1.807) is 0 Å². The van der Waals surface area contributed by atoms with E-state index < -0.39 is 0 Å².